The number of rotatable bonds is 67. The third kappa shape index (κ3) is 65.2. The summed E-state index contributed by atoms with van der Waals surface area (Å²) in [5.41, 5.74) is 0. The van der Waals surface area contributed by atoms with E-state index in [9.17, 15) is 19.5 Å². The highest BCUT2D eigenvalue weighted by atomic mass is 16.7. The maximum Gasteiger partial charge on any atom is 0.306 e. The Balaban J connectivity index is 4.06. The van der Waals surface area contributed by atoms with Gasteiger partial charge in [-0.1, -0.05) is 327 Å². The lowest BCUT2D eigenvalue weighted by Crippen LogP contribution is -2.44. The second-order valence-electron chi connectivity index (χ2n) is 25.5. The minimum atomic E-state index is -1.62. The van der Waals surface area contributed by atoms with Gasteiger partial charge in [0.2, 0.25) is 0 Å². The zero-order valence-corrected chi connectivity index (χ0v) is 54.7. The van der Waals surface area contributed by atoms with Crippen LogP contribution in [0, 0.1) is 0 Å². The molecule has 0 aromatic heterocycles. The average molecular weight is 1140 g/mol. The number of esters is 2. The number of hydrogen-bond acceptors (Lipinski definition) is 8. The van der Waals surface area contributed by atoms with E-state index in [4.69, 9.17) is 18.9 Å². The van der Waals surface area contributed by atoms with E-state index in [1.807, 2.05) is 21.1 Å². The van der Waals surface area contributed by atoms with Crippen LogP contribution < -0.4 is 5.11 Å². The molecule has 0 saturated heterocycles. The zero-order chi connectivity index (χ0) is 59.1. The van der Waals surface area contributed by atoms with Crippen molar-refractivity contribution in [1.82, 2.24) is 0 Å². The second-order valence-corrected chi connectivity index (χ2v) is 25.5. The van der Waals surface area contributed by atoms with E-state index in [1.165, 1.54) is 289 Å². The number of aliphatic carboxylic acids is 1. The monoisotopic (exact) mass is 1140 g/mol. The van der Waals surface area contributed by atoms with E-state index < -0.39 is 24.3 Å². The van der Waals surface area contributed by atoms with Crippen LogP contribution in [0.15, 0.2) is 24.3 Å². The molecule has 0 aliphatic carbocycles. The van der Waals surface area contributed by atoms with Crippen molar-refractivity contribution in [1.29, 1.82) is 0 Å². The second kappa shape index (κ2) is 63.8. The number of hydrogen-bond donors (Lipinski definition) is 0. The van der Waals surface area contributed by atoms with E-state index >= 15 is 0 Å². The largest absolute Gasteiger partial charge is 0.545 e. The van der Waals surface area contributed by atoms with Gasteiger partial charge < -0.3 is 33.3 Å². The van der Waals surface area contributed by atoms with Crippen LogP contribution >= 0.6 is 0 Å². The molecule has 0 N–H and O–H groups in total. The fourth-order valence-corrected chi connectivity index (χ4v) is 10.7. The Morgan fingerprint density at radius 3 is 0.975 bits per heavy atom. The molecule has 478 valence electrons. The maximum atomic E-state index is 12.9. The van der Waals surface area contributed by atoms with Gasteiger partial charge in [0, 0.05) is 12.8 Å². The Morgan fingerprint density at radius 1 is 0.370 bits per heavy atom. The summed E-state index contributed by atoms with van der Waals surface area (Å²) >= 11 is 0. The van der Waals surface area contributed by atoms with Crippen LogP contribution in [0.25, 0.3) is 0 Å². The molecule has 0 amide bonds. The summed E-state index contributed by atoms with van der Waals surface area (Å²) < 4.78 is 22.8. The molecule has 9 heteroatoms. The first kappa shape index (κ1) is 78.8. The van der Waals surface area contributed by atoms with Gasteiger partial charge >= 0.3 is 11.9 Å². The first-order valence-electron chi connectivity index (χ1n) is 35.5. The molecule has 0 radical (unpaired) electrons. The minimum Gasteiger partial charge on any atom is -0.545 e. The van der Waals surface area contributed by atoms with Crippen LogP contribution in [0.5, 0.6) is 0 Å². The molecule has 0 fully saturated rings. The zero-order valence-electron chi connectivity index (χ0n) is 54.7. The highest BCUT2D eigenvalue weighted by Gasteiger charge is 2.22. The summed E-state index contributed by atoms with van der Waals surface area (Å²) in [4.78, 5) is 37.5. The molecule has 0 bridgehead atoms. The SMILES string of the molecule is CCCCCCC/C=C\C/C=C\CCCCCCCCCCCCCCCCCCCC(=O)OC(COC(=O)CCCCCCCCCCCCCCCCCCCCCCCCCCCCC)COC(OCC[N+](C)(C)C)C(=O)[O-]. The van der Waals surface area contributed by atoms with Crippen molar-refractivity contribution in [2.45, 2.75) is 373 Å². The molecule has 0 rings (SSSR count). The molecule has 0 aromatic rings. The van der Waals surface area contributed by atoms with E-state index in [0.717, 1.165) is 44.9 Å². The summed E-state index contributed by atoms with van der Waals surface area (Å²) in [7, 11) is 5.95. The normalized spacial score (nSPS) is 12.8. The highest BCUT2D eigenvalue weighted by Crippen LogP contribution is 2.19. The Hall–Kier alpha value is -2.23. The van der Waals surface area contributed by atoms with E-state index in [-0.39, 0.29) is 32.2 Å². The predicted octanol–water partition coefficient (Wildman–Crippen LogP) is 20.5. The Kier molecular flexibility index (Phi) is 62.0. The summed E-state index contributed by atoms with van der Waals surface area (Å²) in [6, 6.07) is 0. The molecule has 0 aliphatic heterocycles. The van der Waals surface area contributed by atoms with Crippen molar-refractivity contribution >= 4 is 17.9 Å². The summed E-state index contributed by atoms with van der Waals surface area (Å²) in [5.74, 6) is -2.25. The number of unbranched alkanes of at least 4 members (excludes halogenated alkanes) is 48. The van der Waals surface area contributed by atoms with Crippen molar-refractivity contribution in [3.63, 3.8) is 0 Å². The van der Waals surface area contributed by atoms with Crippen LogP contribution in [0.2, 0.25) is 0 Å². The van der Waals surface area contributed by atoms with Crippen molar-refractivity contribution in [2.75, 3.05) is 47.5 Å². The lowest BCUT2D eigenvalue weighted by molar-refractivity contribution is -0.870. The number of quaternary nitrogens is 1. The van der Waals surface area contributed by atoms with Gasteiger partial charge in [0.25, 0.3) is 0 Å². The molecule has 0 heterocycles. The number of likely N-dealkylation sites (N-methyl/N-ethyl adjacent to an activating group) is 1. The third-order valence-electron chi connectivity index (χ3n) is 16.2. The molecule has 81 heavy (non-hydrogen) atoms. The van der Waals surface area contributed by atoms with Crippen LogP contribution in [0.4, 0.5) is 0 Å². The van der Waals surface area contributed by atoms with Gasteiger partial charge in [0.15, 0.2) is 12.4 Å². The van der Waals surface area contributed by atoms with Gasteiger partial charge in [-0.3, -0.25) is 9.59 Å². The smallest absolute Gasteiger partial charge is 0.306 e. The van der Waals surface area contributed by atoms with Crippen molar-refractivity contribution in [3.05, 3.63) is 24.3 Å². The molecular weight excluding hydrogens is 1010 g/mol. The van der Waals surface area contributed by atoms with Gasteiger partial charge in [-0.05, 0) is 44.9 Å². The molecule has 9 nitrogen and oxygen atoms in total. The van der Waals surface area contributed by atoms with Crippen molar-refractivity contribution < 1.29 is 42.9 Å². The van der Waals surface area contributed by atoms with Crippen molar-refractivity contribution in [3.8, 4) is 0 Å². The lowest BCUT2D eigenvalue weighted by atomic mass is 10.0. The van der Waals surface area contributed by atoms with E-state index in [1.54, 1.807) is 0 Å². The summed E-state index contributed by atoms with van der Waals surface area (Å²) in [5, 5.41) is 11.8. The Labute approximate surface area is 503 Å². The quantitative estimate of drug-likeness (QED) is 0.0195. The summed E-state index contributed by atoms with van der Waals surface area (Å²) in [6.07, 6.45) is 75.5. The average Bonchev–Trinajstić information content (AvgIpc) is 3.44. The highest BCUT2D eigenvalue weighted by molar-refractivity contribution is 5.70. The number of carbonyl (C=O) groups excluding carboxylic acids is 3. The Morgan fingerprint density at radius 2 is 0.667 bits per heavy atom. The first-order valence-corrected chi connectivity index (χ1v) is 35.5. The number of carboxylic acid groups (broad SMARTS) is 1. The number of carboxylic acids is 1. The molecule has 2 atom stereocenters. The molecule has 0 saturated carbocycles. The van der Waals surface area contributed by atoms with E-state index in [0.29, 0.717) is 17.4 Å². The molecule has 0 aromatic carbocycles. The maximum absolute atomic E-state index is 12.9. The summed E-state index contributed by atoms with van der Waals surface area (Å²) in [6.45, 7) is 4.82. The topological polar surface area (TPSA) is 111 Å². The van der Waals surface area contributed by atoms with Gasteiger partial charge in [-0.25, -0.2) is 0 Å². The van der Waals surface area contributed by atoms with Gasteiger partial charge in [0.1, 0.15) is 13.2 Å². The van der Waals surface area contributed by atoms with Gasteiger partial charge in [0.05, 0.1) is 40.3 Å². The van der Waals surface area contributed by atoms with E-state index in [2.05, 4.69) is 38.2 Å². The lowest BCUT2D eigenvalue weighted by Gasteiger charge is -2.26. The van der Waals surface area contributed by atoms with Crippen molar-refractivity contribution in [2.24, 2.45) is 0 Å². The fraction of sp³-hybridized carbons (Fsp3) is 0.903. The van der Waals surface area contributed by atoms with Gasteiger partial charge in [-0.2, -0.15) is 0 Å². The molecular formula is C72H137NO8. The number of ether oxygens (including phenoxy) is 4. The molecule has 0 spiro atoms. The number of allylic oxidation sites excluding steroid dienone is 4. The number of carbonyl (C=O) groups is 3. The fourth-order valence-electron chi connectivity index (χ4n) is 10.7. The van der Waals surface area contributed by atoms with Crippen LogP contribution in [-0.4, -0.2) is 82.3 Å². The minimum absolute atomic E-state index is 0.151. The third-order valence-corrected chi connectivity index (χ3v) is 16.2. The number of nitrogens with zero attached hydrogens (tertiary/aromatic N) is 1. The van der Waals surface area contributed by atoms with Crippen LogP contribution in [0.1, 0.15) is 361 Å². The standard InChI is InChI=1S/C72H137NO8/c1-6-8-10-12-14-16-18-20-22-24-26-28-30-32-34-35-37-39-41-43-45-47-49-51-53-55-57-59-61-63-70(75)81-68(67-80-72(71(76)77)78-65-64-73(3,4)5)66-79-69(74)62-60-58-56-54-52-50-48-46-44-42-40-38-36-33-31-29-27-25-23-21-19-17-15-13-11-9-7-2/h18,20,24,26,68,72H,6-17,19,21-23,25,27-67H2,1-5H3/b20-18-,26-24-. The van der Waals surface area contributed by atoms with Crippen LogP contribution in [0.3, 0.4) is 0 Å². The molecule has 2 unspecified atom stereocenters. The Bertz CT molecular complexity index is 1380. The van der Waals surface area contributed by atoms with Gasteiger partial charge in [-0.15, -0.1) is 0 Å². The first-order chi connectivity index (χ1) is 39.6. The van der Waals surface area contributed by atoms with Crippen LogP contribution in [-0.2, 0) is 33.3 Å². The predicted molar refractivity (Wildman–Crippen MR) is 343 cm³/mol. The molecule has 0 aliphatic rings.